The lowest BCUT2D eigenvalue weighted by molar-refractivity contribution is 0.570. The first kappa shape index (κ1) is 13.7. The van der Waals surface area contributed by atoms with Gasteiger partial charge >= 0.3 is 0 Å². The molecule has 100 valence electrons. The second-order valence-corrected chi connectivity index (χ2v) is 5.02. The summed E-state index contributed by atoms with van der Waals surface area (Å²) in [6, 6.07) is 7.53. The van der Waals surface area contributed by atoms with Crippen molar-refractivity contribution in [1.29, 1.82) is 0 Å². The van der Waals surface area contributed by atoms with Crippen molar-refractivity contribution in [2.75, 3.05) is 0 Å². The lowest BCUT2D eigenvalue weighted by Gasteiger charge is -2.16. The zero-order valence-corrected chi connectivity index (χ0v) is 11.3. The number of hydrogen-bond donors (Lipinski definition) is 1. The summed E-state index contributed by atoms with van der Waals surface area (Å²) in [6.07, 6.45) is 0. The lowest BCUT2D eigenvalue weighted by atomic mass is 9.95. The first-order valence-corrected chi connectivity index (χ1v) is 6.18. The maximum Gasteiger partial charge on any atom is 0.128 e. The molecule has 0 saturated carbocycles. The SMILES string of the molecule is Cc1cc(C)cc(C(N)c2cc(F)c(C)cc2F)c1. The Kier molecular flexibility index (Phi) is 3.67. The van der Waals surface area contributed by atoms with Gasteiger partial charge < -0.3 is 5.73 Å². The smallest absolute Gasteiger partial charge is 0.128 e. The van der Waals surface area contributed by atoms with Crippen LogP contribution in [0.3, 0.4) is 0 Å². The Labute approximate surface area is 112 Å². The predicted octanol–water partition coefficient (Wildman–Crippen LogP) is 3.94. The molecule has 3 heteroatoms. The van der Waals surface area contributed by atoms with E-state index in [-0.39, 0.29) is 11.1 Å². The van der Waals surface area contributed by atoms with Crippen LogP contribution in [-0.2, 0) is 0 Å². The Morgan fingerprint density at radius 2 is 1.42 bits per heavy atom. The van der Waals surface area contributed by atoms with Crippen LogP contribution in [0.15, 0.2) is 30.3 Å². The summed E-state index contributed by atoms with van der Waals surface area (Å²) < 4.78 is 27.5. The second-order valence-electron chi connectivity index (χ2n) is 5.02. The molecule has 0 amide bonds. The van der Waals surface area contributed by atoms with Crippen molar-refractivity contribution in [1.82, 2.24) is 0 Å². The third-order valence-corrected chi connectivity index (χ3v) is 3.22. The van der Waals surface area contributed by atoms with Gasteiger partial charge in [0.2, 0.25) is 0 Å². The Morgan fingerprint density at radius 1 is 0.842 bits per heavy atom. The highest BCUT2D eigenvalue weighted by molar-refractivity contribution is 5.38. The maximum absolute atomic E-state index is 13.9. The molecule has 2 N–H and O–H groups in total. The van der Waals surface area contributed by atoms with Crippen molar-refractivity contribution >= 4 is 0 Å². The maximum atomic E-state index is 13.9. The molecule has 0 aliphatic heterocycles. The Bertz CT molecular complexity index is 600. The number of nitrogens with two attached hydrogens (primary N) is 1. The van der Waals surface area contributed by atoms with E-state index in [4.69, 9.17) is 5.73 Å². The van der Waals surface area contributed by atoms with Crippen molar-refractivity contribution in [2.24, 2.45) is 5.73 Å². The van der Waals surface area contributed by atoms with Gasteiger partial charge in [-0.2, -0.15) is 0 Å². The van der Waals surface area contributed by atoms with Crippen molar-refractivity contribution in [2.45, 2.75) is 26.8 Å². The summed E-state index contributed by atoms with van der Waals surface area (Å²) in [5.41, 5.74) is 9.44. The van der Waals surface area contributed by atoms with Gasteiger partial charge in [-0.25, -0.2) is 8.78 Å². The highest BCUT2D eigenvalue weighted by atomic mass is 19.1. The van der Waals surface area contributed by atoms with Gasteiger partial charge in [-0.1, -0.05) is 29.3 Å². The molecule has 1 unspecified atom stereocenters. The predicted molar refractivity (Wildman–Crippen MR) is 73.0 cm³/mol. The molecule has 0 fully saturated rings. The summed E-state index contributed by atoms with van der Waals surface area (Å²) in [5.74, 6) is -0.901. The standard InChI is InChI=1S/C16H17F2N/c1-9-4-10(2)6-12(5-9)16(19)13-8-14(17)11(3)7-15(13)18/h4-8,16H,19H2,1-3H3. The molecular formula is C16H17F2N. The fraction of sp³-hybridized carbons (Fsp3) is 0.250. The second kappa shape index (κ2) is 5.10. The number of benzene rings is 2. The fourth-order valence-corrected chi connectivity index (χ4v) is 2.27. The molecule has 0 aromatic heterocycles. The molecule has 0 heterocycles. The van der Waals surface area contributed by atoms with E-state index in [9.17, 15) is 8.78 Å². The van der Waals surface area contributed by atoms with Crippen LogP contribution in [-0.4, -0.2) is 0 Å². The van der Waals surface area contributed by atoms with Gasteiger partial charge in [0.05, 0.1) is 6.04 Å². The largest absolute Gasteiger partial charge is 0.320 e. The third-order valence-electron chi connectivity index (χ3n) is 3.22. The van der Waals surface area contributed by atoms with E-state index in [1.165, 1.54) is 19.1 Å². The normalized spacial score (nSPS) is 12.5. The molecule has 0 bridgehead atoms. The zero-order chi connectivity index (χ0) is 14.2. The van der Waals surface area contributed by atoms with E-state index in [0.717, 1.165) is 16.7 Å². The molecule has 2 rings (SSSR count). The molecule has 0 spiro atoms. The minimum Gasteiger partial charge on any atom is -0.320 e. The van der Waals surface area contributed by atoms with Crippen LogP contribution in [0.25, 0.3) is 0 Å². The first-order chi connectivity index (χ1) is 8.88. The average Bonchev–Trinajstić information content (AvgIpc) is 2.31. The van der Waals surface area contributed by atoms with Gasteiger partial charge in [0.25, 0.3) is 0 Å². The van der Waals surface area contributed by atoms with Gasteiger partial charge in [0, 0.05) is 5.56 Å². The molecule has 0 saturated heterocycles. The number of rotatable bonds is 2. The van der Waals surface area contributed by atoms with Crippen LogP contribution < -0.4 is 5.73 Å². The highest BCUT2D eigenvalue weighted by Crippen LogP contribution is 2.26. The Balaban J connectivity index is 2.49. The van der Waals surface area contributed by atoms with Crippen LogP contribution in [0.4, 0.5) is 8.78 Å². The summed E-state index contributed by atoms with van der Waals surface area (Å²) in [6.45, 7) is 5.44. The van der Waals surface area contributed by atoms with E-state index in [1.54, 1.807) is 0 Å². The van der Waals surface area contributed by atoms with Crippen LogP contribution in [0.5, 0.6) is 0 Å². The van der Waals surface area contributed by atoms with Crippen LogP contribution in [0.2, 0.25) is 0 Å². The summed E-state index contributed by atoms with van der Waals surface area (Å²) in [5, 5.41) is 0. The molecule has 2 aromatic carbocycles. The topological polar surface area (TPSA) is 26.0 Å². The van der Waals surface area contributed by atoms with Gasteiger partial charge in [0.1, 0.15) is 11.6 Å². The molecular weight excluding hydrogens is 244 g/mol. The average molecular weight is 261 g/mol. The number of halogens is 2. The minimum atomic E-state index is -0.659. The number of aryl methyl sites for hydroxylation is 3. The van der Waals surface area contributed by atoms with Crippen LogP contribution in [0, 0.1) is 32.4 Å². The molecule has 19 heavy (non-hydrogen) atoms. The van der Waals surface area contributed by atoms with E-state index < -0.39 is 17.7 Å². The van der Waals surface area contributed by atoms with Gasteiger partial charge in [-0.3, -0.25) is 0 Å². The third kappa shape index (κ3) is 2.82. The van der Waals surface area contributed by atoms with Crippen molar-refractivity contribution in [3.63, 3.8) is 0 Å². The van der Waals surface area contributed by atoms with E-state index in [0.29, 0.717) is 0 Å². The van der Waals surface area contributed by atoms with Crippen LogP contribution >= 0.6 is 0 Å². The van der Waals surface area contributed by atoms with Crippen molar-refractivity contribution in [3.05, 3.63) is 69.8 Å². The molecule has 0 radical (unpaired) electrons. The summed E-state index contributed by atoms with van der Waals surface area (Å²) >= 11 is 0. The first-order valence-electron chi connectivity index (χ1n) is 6.18. The minimum absolute atomic E-state index is 0.188. The summed E-state index contributed by atoms with van der Waals surface area (Å²) in [4.78, 5) is 0. The molecule has 0 aliphatic carbocycles. The molecule has 1 nitrogen and oxygen atoms in total. The fourth-order valence-electron chi connectivity index (χ4n) is 2.27. The van der Waals surface area contributed by atoms with E-state index in [2.05, 4.69) is 0 Å². The zero-order valence-electron chi connectivity index (χ0n) is 11.3. The number of hydrogen-bond acceptors (Lipinski definition) is 1. The highest BCUT2D eigenvalue weighted by Gasteiger charge is 2.16. The Morgan fingerprint density at radius 3 is 2.00 bits per heavy atom. The lowest BCUT2D eigenvalue weighted by Crippen LogP contribution is -2.14. The van der Waals surface area contributed by atoms with Gasteiger partial charge in [-0.15, -0.1) is 0 Å². The molecule has 1 atom stereocenters. The molecule has 2 aromatic rings. The van der Waals surface area contributed by atoms with Crippen molar-refractivity contribution < 1.29 is 8.78 Å². The van der Waals surface area contributed by atoms with Gasteiger partial charge in [0.15, 0.2) is 0 Å². The van der Waals surface area contributed by atoms with E-state index >= 15 is 0 Å². The van der Waals surface area contributed by atoms with Gasteiger partial charge in [-0.05, 0) is 44.0 Å². The van der Waals surface area contributed by atoms with Crippen LogP contribution in [0.1, 0.15) is 33.9 Å². The molecule has 0 aliphatic rings. The summed E-state index contributed by atoms with van der Waals surface area (Å²) in [7, 11) is 0. The monoisotopic (exact) mass is 261 g/mol. The van der Waals surface area contributed by atoms with Crippen molar-refractivity contribution in [3.8, 4) is 0 Å². The quantitative estimate of drug-likeness (QED) is 0.870. The van der Waals surface area contributed by atoms with E-state index in [1.807, 2.05) is 32.0 Å². The Hall–Kier alpha value is -1.74.